The molecule has 1 fully saturated rings. The SMILES string of the molecule is CC(C)N(C)CCNC1CNC1. The van der Waals surface area contributed by atoms with E-state index in [1.165, 1.54) is 0 Å². The van der Waals surface area contributed by atoms with Crippen molar-refractivity contribution in [1.82, 2.24) is 15.5 Å². The van der Waals surface area contributed by atoms with Gasteiger partial charge in [0.15, 0.2) is 0 Å². The average molecular weight is 171 g/mol. The first-order valence-corrected chi connectivity index (χ1v) is 4.84. The second-order valence-corrected chi connectivity index (χ2v) is 3.88. The summed E-state index contributed by atoms with van der Waals surface area (Å²) in [6.45, 7) is 9.00. The molecule has 72 valence electrons. The van der Waals surface area contributed by atoms with Crippen LogP contribution in [0.4, 0.5) is 0 Å². The number of rotatable bonds is 5. The quantitative estimate of drug-likeness (QED) is 0.604. The van der Waals surface area contributed by atoms with E-state index in [1.807, 2.05) is 0 Å². The van der Waals surface area contributed by atoms with Crippen LogP contribution in [0.25, 0.3) is 0 Å². The molecular weight excluding hydrogens is 150 g/mol. The largest absolute Gasteiger partial charge is 0.314 e. The van der Waals surface area contributed by atoms with Crippen LogP contribution < -0.4 is 10.6 Å². The molecule has 0 amide bonds. The molecule has 0 aromatic rings. The lowest BCUT2D eigenvalue weighted by Gasteiger charge is -2.29. The number of hydrogen-bond acceptors (Lipinski definition) is 3. The zero-order chi connectivity index (χ0) is 8.97. The highest BCUT2D eigenvalue weighted by Gasteiger charge is 2.15. The van der Waals surface area contributed by atoms with Crippen molar-refractivity contribution < 1.29 is 0 Å². The Morgan fingerprint density at radius 2 is 2.17 bits per heavy atom. The third kappa shape index (κ3) is 3.09. The minimum atomic E-state index is 0.659. The normalized spacial score (nSPS) is 18.8. The highest BCUT2D eigenvalue weighted by Crippen LogP contribution is 1.93. The lowest BCUT2D eigenvalue weighted by atomic mass is 10.2. The van der Waals surface area contributed by atoms with Crippen molar-refractivity contribution in [2.75, 3.05) is 33.2 Å². The zero-order valence-electron chi connectivity index (χ0n) is 8.43. The van der Waals surface area contributed by atoms with Gasteiger partial charge in [-0.15, -0.1) is 0 Å². The molecule has 1 heterocycles. The Morgan fingerprint density at radius 1 is 1.50 bits per heavy atom. The Labute approximate surface area is 75.5 Å². The Kier molecular flexibility index (Phi) is 3.98. The van der Waals surface area contributed by atoms with Gasteiger partial charge in [-0.3, -0.25) is 0 Å². The molecule has 0 atom stereocenters. The summed E-state index contributed by atoms with van der Waals surface area (Å²) in [7, 11) is 2.17. The van der Waals surface area contributed by atoms with E-state index in [9.17, 15) is 0 Å². The Bertz CT molecular complexity index is 121. The maximum absolute atomic E-state index is 3.50. The fraction of sp³-hybridized carbons (Fsp3) is 1.00. The summed E-state index contributed by atoms with van der Waals surface area (Å²) in [5, 5.41) is 6.75. The molecule has 1 aliphatic rings. The number of nitrogens with one attached hydrogen (secondary N) is 2. The van der Waals surface area contributed by atoms with Gasteiger partial charge in [-0.2, -0.15) is 0 Å². The van der Waals surface area contributed by atoms with E-state index in [-0.39, 0.29) is 0 Å². The molecule has 0 bridgehead atoms. The van der Waals surface area contributed by atoms with Crippen LogP contribution in [-0.4, -0.2) is 50.2 Å². The van der Waals surface area contributed by atoms with E-state index in [0.717, 1.165) is 32.2 Å². The maximum atomic E-state index is 3.50. The van der Waals surface area contributed by atoms with Crippen molar-refractivity contribution >= 4 is 0 Å². The van der Waals surface area contributed by atoms with Gasteiger partial charge in [0.1, 0.15) is 0 Å². The standard InChI is InChI=1S/C9H21N3/c1-8(2)12(3)5-4-11-9-6-10-7-9/h8-11H,4-7H2,1-3H3. The molecule has 1 aliphatic heterocycles. The van der Waals surface area contributed by atoms with E-state index >= 15 is 0 Å². The van der Waals surface area contributed by atoms with Crippen LogP contribution in [0.5, 0.6) is 0 Å². The smallest absolute Gasteiger partial charge is 0.0318 e. The molecule has 1 rings (SSSR count). The lowest BCUT2D eigenvalue weighted by molar-refractivity contribution is 0.259. The summed E-state index contributed by atoms with van der Waals surface area (Å²) in [6.07, 6.45) is 0. The summed E-state index contributed by atoms with van der Waals surface area (Å²) in [5.74, 6) is 0. The van der Waals surface area contributed by atoms with Crippen LogP contribution in [0.15, 0.2) is 0 Å². The first-order chi connectivity index (χ1) is 5.70. The molecule has 12 heavy (non-hydrogen) atoms. The Morgan fingerprint density at radius 3 is 2.58 bits per heavy atom. The molecule has 3 nitrogen and oxygen atoms in total. The van der Waals surface area contributed by atoms with Gasteiger partial charge < -0.3 is 15.5 Å². The van der Waals surface area contributed by atoms with Crippen molar-refractivity contribution in [3.8, 4) is 0 Å². The van der Waals surface area contributed by atoms with Crippen LogP contribution in [0.3, 0.4) is 0 Å². The monoisotopic (exact) mass is 171 g/mol. The van der Waals surface area contributed by atoms with Gasteiger partial charge in [-0.1, -0.05) is 0 Å². The van der Waals surface area contributed by atoms with Gasteiger partial charge in [0, 0.05) is 38.3 Å². The molecule has 0 aromatic carbocycles. The van der Waals surface area contributed by atoms with Crippen LogP contribution in [0.1, 0.15) is 13.8 Å². The third-order valence-corrected chi connectivity index (χ3v) is 2.56. The summed E-state index contributed by atoms with van der Waals surface area (Å²) in [4.78, 5) is 2.36. The molecule has 1 saturated heterocycles. The number of nitrogens with zero attached hydrogens (tertiary/aromatic N) is 1. The van der Waals surface area contributed by atoms with Crippen LogP contribution in [-0.2, 0) is 0 Å². The molecule has 2 N–H and O–H groups in total. The second-order valence-electron chi connectivity index (χ2n) is 3.88. The summed E-state index contributed by atoms with van der Waals surface area (Å²) in [6, 6.07) is 1.39. The minimum absolute atomic E-state index is 0.659. The average Bonchev–Trinajstić information content (AvgIpc) is 1.93. The minimum Gasteiger partial charge on any atom is -0.314 e. The number of hydrogen-bond donors (Lipinski definition) is 2. The molecule has 0 unspecified atom stereocenters. The highest BCUT2D eigenvalue weighted by molar-refractivity contribution is 4.81. The predicted molar refractivity (Wildman–Crippen MR) is 52.4 cm³/mol. The van der Waals surface area contributed by atoms with Gasteiger partial charge in [0.2, 0.25) is 0 Å². The second kappa shape index (κ2) is 4.80. The van der Waals surface area contributed by atoms with Crippen molar-refractivity contribution in [3.63, 3.8) is 0 Å². The third-order valence-electron chi connectivity index (χ3n) is 2.56. The van der Waals surface area contributed by atoms with Crippen molar-refractivity contribution in [2.45, 2.75) is 25.9 Å². The van der Waals surface area contributed by atoms with E-state index in [0.29, 0.717) is 6.04 Å². The highest BCUT2D eigenvalue weighted by atomic mass is 15.2. The molecule has 0 radical (unpaired) electrons. The van der Waals surface area contributed by atoms with E-state index in [1.54, 1.807) is 0 Å². The molecule has 0 saturated carbocycles. The zero-order valence-corrected chi connectivity index (χ0v) is 8.43. The maximum Gasteiger partial charge on any atom is 0.0318 e. The Balaban J connectivity index is 1.93. The lowest BCUT2D eigenvalue weighted by Crippen LogP contribution is -2.56. The van der Waals surface area contributed by atoms with Gasteiger partial charge in [-0.05, 0) is 20.9 Å². The van der Waals surface area contributed by atoms with Gasteiger partial charge >= 0.3 is 0 Å². The molecule has 3 heteroatoms. The van der Waals surface area contributed by atoms with Gasteiger partial charge in [0.05, 0.1) is 0 Å². The van der Waals surface area contributed by atoms with E-state index in [2.05, 4.69) is 36.4 Å². The summed E-state index contributed by atoms with van der Waals surface area (Å²) >= 11 is 0. The predicted octanol–water partition coefficient (Wildman–Crippen LogP) is -0.112. The topological polar surface area (TPSA) is 27.3 Å². The molecular formula is C9H21N3. The van der Waals surface area contributed by atoms with Gasteiger partial charge in [-0.25, -0.2) is 0 Å². The van der Waals surface area contributed by atoms with E-state index in [4.69, 9.17) is 0 Å². The fourth-order valence-electron chi connectivity index (χ4n) is 1.14. The molecule has 0 aliphatic carbocycles. The van der Waals surface area contributed by atoms with Gasteiger partial charge in [0.25, 0.3) is 0 Å². The first kappa shape index (κ1) is 9.96. The Hall–Kier alpha value is -0.120. The van der Waals surface area contributed by atoms with Crippen molar-refractivity contribution in [3.05, 3.63) is 0 Å². The van der Waals surface area contributed by atoms with Crippen LogP contribution in [0.2, 0.25) is 0 Å². The number of likely N-dealkylation sites (N-methyl/N-ethyl adjacent to an activating group) is 1. The van der Waals surface area contributed by atoms with Crippen LogP contribution in [0, 0.1) is 0 Å². The van der Waals surface area contributed by atoms with Crippen molar-refractivity contribution in [2.24, 2.45) is 0 Å². The molecule has 0 aromatic heterocycles. The molecule has 0 spiro atoms. The summed E-state index contributed by atoms with van der Waals surface area (Å²) in [5.41, 5.74) is 0. The van der Waals surface area contributed by atoms with Crippen LogP contribution >= 0.6 is 0 Å². The van der Waals surface area contributed by atoms with Crippen molar-refractivity contribution in [1.29, 1.82) is 0 Å². The fourth-order valence-corrected chi connectivity index (χ4v) is 1.14. The summed E-state index contributed by atoms with van der Waals surface area (Å²) < 4.78 is 0. The van der Waals surface area contributed by atoms with E-state index < -0.39 is 0 Å². The first-order valence-electron chi connectivity index (χ1n) is 4.84.